The van der Waals surface area contributed by atoms with Crippen molar-refractivity contribution in [3.8, 4) is 0 Å². The van der Waals surface area contributed by atoms with Gasteiger partial charge in [-0.15, -0.1) is 0 Å². The summed E-state index contributed by atoms with van der Waals surface area (Å²) in [5, 5.41) is 3.59. The standard InChI is InChI=1S/C14H23N3/c1-3-15-14(12-7-5-4-6-8-12)13-10-16-11(2)9-17-13/h9-10,12,14-15H,3-8H2,1-2H3. The summed E-state index contributed by atoms with van der Waals surface area (Å²) in [6, 6.07) is 0.397. The molecule has 0 saturated heterocycles. The third kappa shape index (κ3) is 3.25. The number of hydrogen-bond acceptors (Lipinski definition) is 3. The van der Waals surface area contributed by atoms with Gasteiger partial charge in [-0.05, 0) is 32.2 Å². The zero-order valence-electron chi connectivity index (χ0n) is 10.9. The van der Waals surface area contributed by atoms with Gasteiger partial charge in [-0.25, -0.2) is 0 Å². The summed E-state index contributed by atoms with van der Waals surface area (Å²) in [7, 11) is 0. The third-order valence-corrected chi connectivity index (χ3v) is 3.66. The van der Waals surface area contributed by atoms with Gasteiger partial charge in [-0.2, -0.15) is 0 Å². The summed E-state index contributed by atoms with van der Waals surface area (Å²) in [6.45, 7) is 5.15. The molecule has 0 aromatic carbocycles. The van der Waals surface area contributed by atoms with Gasteiger partial charge in [-0.3, -0.25) is 9.97 Å². The van der Waals surface area contributed by atoms with Crippen LogP contribution in [-0.4, -0.2) is 16.5 Å². The van der Waals surface area contributed by atoms with E-state index in [1.165, 1.54) is 32.1 Å². The van der Waals surface area contributed by atoms with Crippen LogP contribution in [0.25, 0.3) is 0 Å². The molecular weight excluding hydrogens is 210 g/mol. The fourth-order valence-electron chi connectivity index (χ4n) is 2.76. The van der Waals surface area contributed by atoms with E-state index in [2.05, 4.69) is 22.2 Å². The predicted octanol–water partition coefficient (Wildman–Crippen LogP) is 3.02. The highest BCUT2D eigenvalue weighted by atomic mass is 15.0. The lowest BCUT2D eigenvalue weighted by Crippen LogP contribution is -2.30. The molecule has 3 nitrogen and oxygen atoms in total. The van der Waals surface area contributed by atoms with Crippen LogP contribution in [0, 0.1) is 12.8 Å². The van der Waals surface area contributed by atoms with Crippen LogP contribution in [0.15, 0.2) is 12.4 Å². The lowest BCUT2D eigenvalue weighted by Gasteiger charge is -2.30. The molecule has 0 bridgehead atoms. The lowest BCUT2D eigenvalue weighted by atomic mass is 9.82. The summed E-state index contributed by atoms with van der Waals surface area (Å²) < 4.78 is 0. The minimum absolute atomic E-state index is 0.397. The number of hydrogen-bond donors (Lipinski definition) is 1. The first-order valence-electron chi connectivity index (χ1n) is 6.83. The molecule has 94 valence electrons. The third-order valence-electron chi connectivity index (χ3n) is 3.66. The van der Waals surface area contributed by atoms with E-state index in [1.807, 2.05) is 19.3 Å². The molecule has 0 spiro atoms. The fraction of sp³-hybridized carbons (Fsp3) is 0.714. The van der Waals surface area contributed by atoms with Crippen LogP contribution in [-0.2, 0) is 0 Å². The number of aromatic nitrogens is 2. The molecule has 1 unspecified atom stereocenters. The van der Waals surface area contributed by atoms with Crippen LogP contribution >= 0.6 is 0 Å². The summed E-state index contributed by atoms with van der Waals surface area (Å²) in [6.07, 6.45) is 10.6. The highest BCUT2D eigenvalue weighted by Gasteiger charge is 2.25. The quantitative estimate of drug-likeness (QED) is 0.868. The maximum atomic E-state index is 4.55. The van der Waals surface area contributed by atoms with E-state index >= 15 is 0 Å². The molecule has 0 amide bonds. The molecule has 1 saturated carbocycles. The molecule has 1 aromatic rings. The zero-order valence-corrected chi connectivity index (χ0v) is 10.9. The van der Waals surface area contributed by atoms with Crippen molar-refractivity contribution in [2.45, 2.75) is 52.0 Å². The monoisotopic (exact) mass is 233 g/mol. The molecule has 1 heterocycles. The van der Waals surface area contributed by atoms with Crippen molar-refractivity contribution in [1.29, 1.82) is 0 Å². The minimum Gasteiger partial charge on any atom is -0.309 e. The number of nitrogens with zero attached hydrogens (tertiary/aromatic N) is 2. The molecule has 2 rings (SSSR count). The smallest absolute Gasteiger partial charge is 0.0759 e. The summed E-state index contributed by atoms with van der Waals surface area (Å²) in [5.41, 5.74) is 2.11. The Morgan fingerprint density at radius 2 is 2.00 bits per heavy atom. The lowest BCUT2D eigenvalue weighted by molar-refractivity contribution is 0.270. The van der Waals surface area contributed by atoms with Crippen molar-refractivity contribution in [2.75, 3.05) is 6.54 Å². The second-order valence-corrected chi connectivity index (χ2v) is 5.02. The van der Waals surface area contributed by atoms with Crippen LogP contribution in [0.5, 0.6) is 0 Å². The van der Waals surface area contributed by atoms with Gasteiger partial charge in [0, 0.05) is 6.20 Å². The summed E-state index contributed by atoms with van der Waals surface area (Å²) in [5.74, 6) is 0.737. The molecule has 1 N–H and O–H groups in total. The molecule has 1 atom stereocenters. The van der Waals surface area contributed by atoms with Crippen molar-refractivity contribution in [3.05, 3.63) is 23.8 Å². The van der Waals surface area contributed by atoms with Gasteiger partial charge in [-0.1, -0.05) is 26.2 Å². The maximum Gasteiger partial charge on any atom is 0.0759 e. The zero-order chi connectivity index (χ0) is 12.1. The molecule has 1 aromatic heterocycles. The highest BCUT2D eigenvalue weighted by Crippen LogP contribution is 2.33. The first-order chi connectivity index (χ1) is 8.31. The van der Waals surface area contributed by atoms with Gasteiger partial charge >= 0.3 is 0 Å². The number of aryl methyl sites for hydroxylation is 1. The van der Waals surface area contributed by atoms with E-state index < -0.39 is 0 Å². The predicted molar refractivity (Wildman–Crippen MR) is 69.8 cm³/mol. The van der Waals surface area contributed by atoms with Crippen LogP contribution in [0.3, 0.4) is 0 Å². The average Bonchev–Trinajstić information content (AvgIpc) is 2.38. The van der Waals surface area contributed by atoms with Gasteiger partial charge in [0.2, 0.25) is 0 Å². The molecule has 1 fully saturated rings. The largest absolute Gasteiger partial charge is 0.309 e. The van der Waals surface area contributed by atoms with Gasteiger partial charge in [0.15, 0.2) is 0 Å². The van der Waals surface area contributed by atoms with E-state index in [9.17, 15) is 0 Å². The molecule has 0 aliphatic heterocycles. The van der Waals surface area contributed by atoms with E-state index in [0.717, 1.165) is 23.9 Å². The van der Waals surface area contributed by atoms with Crippen LogP contribution in [0.1, 0.15) is 56.5 Å². The molecule has 1 aliphatic rings. The van der Waals surface area contributed by atoms with Crippen molar-refractivity contribution in [2.24, 2.45) is 5.92 Å². The first-order valence-corrected chi connectivity index (χ1v) is 6.83. The van der Waals surface area contributed by atoms with E-state index in [1.54, 1.807) is 0 Å². The molecule has 1 aliphatic carbocycles. The van der Waals surface area contributed by atoms with Crippen LogP contribution in [0.2, 0.25) is 0 Å². The average molecular weight is 233 g/mol. The maximum absolute atomic E-state index is 4.55. The molecule has 3 heteroatoms. The van der Waals surface area contributed by atoms with Crippen molar-refractivity contribution < 1.29 is 0 Å². The van der Waals surface area contributed by atoms with Crippen molar-refractivity contribution >= 4 is 0 Å². The van der Waals surface area contributed by atoms with Crippen molar-refractivity contribution in [1.82, 2.24) is 15.3 Å². The Hall–Kier alpha value is -0.960. The van der Waals surface area contributed by atoms with Crippen LogP contribution in [0.4, 0.5) is 0 Å². The molecule has 0 radical (unpaired) electrons. The summed E-state index contributed by atoms with van der Waals surface area (Å²) in [4.78, 5) is 8.92. The van der Waals surface area contributed by atoms with Gasteiger partial charge in [0.05, 0.1) is 23.6 Å². The second kappa shape index (κ2) is 6.10. The number of rotatable bonds is 4. The highest BCUT2D eigenvalue weighted by molar-refractivity contribution is 5.07. The Bertz CT molecular complexity index is 328. The Morgan fingerprint density at radius 3 is 2.59 bits per heavy atom. The normalized spacial score (nSPS) is 19.2. The fourth-order valence-corrected chi connectivity index (χ4v) is 2.76. The number of nitrogens with one attached hydrogen (secondary N) is 1. The topological polar surface area (TPSA) is 37.8 Å². The minimum atomic E-state index is 0.397. The SMILES string of the molecule is CCNC(c1cnc(C)cn1)C1CCCCC1. The summed E-state index contributed by atoms with van der Waals surface area (Å²) >= 11 is 0. The Morgan fingerprint density at radius 1 is 1.24 bits per heavy atom. The molecule has 17 heavy (non-hydrogen) atoms. The van der Waals surface area contributed by atoms with E-state index in [4.69, 9.17) is 0 Å². The van der Waals surface area contributed by atoms with Gasteiger partial charge in [0.1, 0.15) is 0 Å². The van der Waals surface area contributed by atoms with E-state index in [-0.39, 0.29) is 0 Å². The van der Waals surface area contributed by atoms with Gasteiger partial charge < -0.3 is 5.32 Å². The van der Waals surface area contributed by atoms with Crippen molar-refractivity contribution in [3.63, 3.8) is 0 Å². The van der Waals surface area contributed by atoms with Crippen LogP contribution < -0.4 is 5.32 Å². The molecular formula is C14H23N3. The Labute approximate surface area is 104 Å². The Kier molecular flexibility index (Phi) is 4.49. The van der Waals surface area contributed by atoms with Gasteiger partial charge in [0.25, 0.3) is 0 Å². The van der Waals surface area contributed by atoms with E-state index in [0.29, 0.717) is 6.04 Å². The first kappa shape index (κ1) is 12.5. The second-order valence-electron chi connectivity index (χ2n) is 5.02. The Balaban J connectivity index is 2.12.